The van der Waals surface area contributed by atoms with Crippen LogP contribution in [-0.4, -0.2) is 19.4 Å². The highest BCUT2D eigenvalue weighted by atomic mass is 79.9. The Labute approximate surface area is 193 Å². The van der Waals surface area contributed by atoms with Crippen molar-refractivity contribution in [2.75, 3.05) is 0 Å². The van der Waals surface area contributed by atoms with Crippen LogP contribution in [0.1, 0.15) is 38.1 Å². The van der Waals surface area contributed by atoms with Crippen molar-refractivity contribution in [2.45, 2.75) is 38.0 Å². The minimum atomic E-state index is -1.26. The van der Waals surface area contributed by atoms with Crippen molar-refractivity contribution in [1.82, 2.24) is 14.9 Å². The maximum atomic E-state index is 13.1. The number of nitrogens with one attached hydrogen (secondary N) is 1. The lowest BCUT2D eigenvalue weighted by atomic mass is 9.94. The smallest absolute Gasteiger partial charge is 0.167 e. The molecule has 2 aromatic heterocycles. The van der Waals surface area contributed by atoms with Gasteiger partial charge in [-0.15, -0.1) is 4.72 Å². The van der Waals surface area contributed by atoms with E-state index in [1.54, 1.807) is 6.20 Å². The lowest BCUT2D eigenvalue weighted by Crippen LogP contribution is -2.42. The van der Waals surface area contributed by atoms with Gasteiger partial charge in [-0.05, 0) is 50.6 Å². The number of aromatic nitrogens is 2. The molecule has 2 atom stereocenters. The van der Waals surface area contributed by atoms with Gasteiger partial charge in [-0.25, -0.2) is 0 Å². The maximum Gasteiger partial charge on any atom is 0.167 e. The fourth-order valence-corrected chi connectivity index (χ4v) is 4.59. The molecule has 1 N–H and O–H groups in total. The molecular formula is C24H24BrN3O2S. The SMILES string of the molecule is CC(C)(C)[S@+]([O-])NC(Cc1cc(Br)ccn1)c1ccccc1-c1noc2ccccc12. The van der Waals surface area contributed by atoms with E-state index in [0.29, 0.717) is 6.42 Å². The number of para-hydroxylation sites is 1. The van der Waals surface area contributed by atoms with Crippen molar-refractivity contribution in [1.29, 1.82) is 0 Å². The molecule has 0 aliphatic heterocycles. The van der Waals surface area contributed by atoms with Crippen molar-refractivity contribution in [2.24, 2.45) is 0 Å². The topological polar surface area (TPSA) is 74.0 Å². The minimum absolute atomic E-state index is 0.228. The molecular weight excluding hydrogens is 474 g/mol. The van der Waals surface area contributed by atoms with E-state index in [4.69, 9.17) is 4.52 Å². The van der Waals surface area contributed by atoms with Crippen molar-refractivity contribution >= 4 is 38.3 Å². The fourth-order valence-electron chi connectivity index (χ4n) is 3.39. The molecule has 31 heavy (non-hydrogen) atoms. The molecule has 5 nitrogen and oxygen atoms in total. The molecule has 0 saturated carbocycles. The molecule has 2 aromatic carbocycles. The molecule has 1 unspecified atom stereocenters. The predicted octanol–water partition coefficient (Wildman–Crippen LogP) is 5.99. The van der Waals surface area contributed by atoms with Gasteiger partial charge in [0.25, 0.3) is 0 Å². The average Bonchev–Trinajstić information content (AvgIpc) is 3.16. The Hall–Kier alpha value is -2.19. The first-order chi connectivity index (χ1) is 14.8. The van der Waals surface area contributed by atoms with Crippen LogP contribution in [0.25, 0.3) is 22.2 Å². The zero-order chi connectivity index (χ0) is 22.0. The van der Waals surface area contributed by atoms with E-state index >= 15 is 0 Å². The number of nitrogens with zero attached hydrogens (tertiary/aromatic N) is 2. The largest absolute Gasteiger partial charge is 0.598 e. The molecule has 0 fully saturated rings. The molecule has 0 amide bonds. The van der Waals surface area contributed by atoms with Crippen LogP contribution < -0.4 is 4.72 Å². The second-order valence-corrected chi connectivity index (χ2v) is 11.2. The number of pyridine rings is 1. The summed E-state index contributed by atoms with van der Waals surface area (Å²) in [7, 11) is 0. The van der Waals surface area contributed by atoms with Gasteiger partial charge in [0.05, 0.1) is 6.04 Å². The van der Waals surface area contributed by atoms with Crippen molar-refractivity contribution in [3.05, 3.63) is 82.6 Å². The lowest BCUT2D eigenvalue weighted by molar-refractivity contribution is 0.459. The number of hydrogen-bond donors (Lipinski definition) is 1. The molecule has 0 radical (unpaired) electrons. The molecule has 0 saturated heterocycles. The molecule has 160 valence electrons. The molecule has 0 spiro atoms. The van der Waals surface area contributed by atoms with Gasteiger partial charge >= 0.3 is 0 Å². The zero-order valence-electron chi connectivity index (χ0n) is 17.6. The van der Waals surface area contributed by atoms with Gasteiger partial charge in [-0.3, -0.25) is 4.98 Å². The molecule has 4 aromatic rings. The lowest BCUT2D eigenvalue weighted by Gasteiger charge is -2.29. The number of fused-ring (bicyclic) bond motifs is 1. The summed E-state index contributed by atoms with van der Waals surface area (Å²) < 4.78 is 22.5. The van der Waals surface area contributed by atoms with Crippen LogP contribution >= 0.6 is 15.9 Å². The second kappa shape index (κ2) is 9.12. The van der Waals surface area contributed by atoms with Gasteiger partial charge in [0, 0.05) is 45.1 Å². The summed E-state index contributed by atoms with van der Waals surface area (Å²) in [6.07, 6.45) is 2.35. The second-order valence-electron chi connectivity index (χ2n) is 8.34. The number of halogens is 1. The average molecular weight is 498 g/mol. The Balaban J connectivity index is 1.79. The predicted molar refractivity (Wildman–Crippen MR) is 129 cm³/mol. The number of hydrogen-bond acceptors (Lipinski definition) is 5. The third-order valence-corrected chi connectivity index (χ3v) is 7.07. The van der Waals surface area contributed by atoms with Crippen molar-refractivity contribution in [3.8, 4) is 11.3 Å². The van der Waals surface area contributed by atoms with E-state index in [-0.39, 0.29) is 6.04 Å². The quantitative estimate of drug-likeness (QED) is 0.331. The molecule has 7 heteroatoms. The van der Waals surface area contributed by atoms with Gasteiger partial charge in [-0.1, -0.05) is 57.5 Å². The highest BCUT2D eigenvalue weighted by molar-refractivity contribution is 9.10. The van der Waals surface area contributed by atoms with E-state index < -0.39 is 16.1 Å². The zero-order valence-corrected chi connectivity index (χ0v) is 20.0. The number of benzene rings is 2. The van der Waals surface area contributed by atoms with Crippen LogP contribution in [-0.2, 0) is 17.8 Å². The summed E-state index contributed by atoms with van der Waals surface area (Å²) in [4.78, 5) is 4.51. The first-order valence-electron chi connectivity index (χ1n) is 10.0. The van der Waals surface area contributed by atoms with E-state index in [9.17, 15) is 4.55 Å². The van der Waals surface area contributed by atoms with Crippen LogP contribution in [0, 0.1) is 0 Å². The summed E-state index contributed by atoms with van der Waals surface area (Å²) in [5, 5.41) is 5.31. The Kier molecular flexibility index (Phi) is 6.48. The van der Waals surface area contributed by atoms with E-state index in [1.165, 1.54) is 0 Å². The third-order valence-electron chi connectivity index (χ3n) is 4.97. The van der Waals surface area contributed by atoms with Crippen LogP contribution in [0.15, 0.2) is 75.9 Å². The molecule has 0 aliphatic rings. The Morgan fingerprint density at radius 3 is 2.61 bits per heavy atom. The van der Waals surface area contributed by atoms with E-state index in [1.807, 2.05) is 81.4 Å². The summed E-state index contributed by atoms with van der Waals surface area (Å²) >= 11 is 2.26. The van der Waals surface area contributed by atoms with Crippen LogP contribution in [0.2, 0.25) is 0 Å². The highest BCUT2D eigenvalue weighted by Gasteiger charge is 2.31. The van der Waals surface area contributed by atoms with Gasteiger partial charge < -0.3 is 9.08 Å². The highest BCUT2D eigenvalue weighted by Crippen LogP contribution is 2.35. The number of rotatable bonds is 6. The van der Waals surface area contributed by atoms with Crippen LogP contribution in [0.4, 0.5) is 0 Å². The Morgan fingerprint density at radius 2 is 1.84 bits per heavy atom. The van der Waals surface area contributed by atoms with Crippen molar-refractivity contribution in [3.63, 3.8) is 0 Å². The van der Waals surface area contributed by atoms with Crippen molar-refractivity contribution < 1.29 is 9.08 Å². The monoisotopic (exact) mass is 497 g/mol. The van der Waals surface area contributed by atoms with Gasteiger partial charge in [0.1, 0.15) is 10.4 Å². The fraction of sp³-hybridized carbons (Fsp3) is 0.250. The molecule has 0 aliphatic carbocycles. The summed E-state index contributed by atoms with van der Waals surface area (Å²) in [5.74, 6) is 0. The van der Waals surface area contributed by atoms with Gasteiger partial charge in [0.2, 0.25) is 0 Å². The third kappa shape index (κ3) is 5.01. The van der Waals surface area contributed by atoms with Crippen LogP contribution in [0.5, 0.6) is 0 Å². The molecule has 4 rings (SSSR count). The Morgan fingerprint density at radius 1 is 1.10 bits per heavy atom. The maximum absolute atomic E-state index is 13.1. The first kappa shape index (κ1) is 22.0. The van der Waals surface area contributed by atoms with Gasteiger partial charge in [0.15, 0.2) is 5.58 Å². The minimum Gasteiger partial charge on any atom is -0.598 e. The summed E-state index contributed by atoms with van der Waals surface area (Å²) in [6.45, 7) is 5.88. The summed E-state index contributed by atoms with van der Waals surface area (Å²) in [6, 6.07) is 19.5. The Bertz CT molecular complexity index is 1190. The van der Waals surface area contributed by atoms with E-state index in [0.717, 1.165) is 38.0 Å². The molecule has 2 heterocycles. The first-order valence-corrected chi connectivity index (χ1v) is 12.0. The molecule has 0 bridgehead atoms. The van der Waals surface area contributed by atoms with Gasteiger partial charge in [-0.2, -0.15) is 0 Å². The standard InChI is InChI=1S/C24H24BrN3O2S/c1-24(2,3)31(29)28-21(15-17-14-16(25)12-13-26-17)18-8-4-5-9-19(18)23-20-10-6-7-11-22(20)30-27-23/h4-14,21,28H,15H2,1-3H3/t21?,31-/m0/s1. The normalized spacial score (nSPS) is 14.0. The summed E-state index contributed by atoms with van der Waals surface area (Å²) in [5.41, 5.74) is 4.37. The van der Waals surface area contributed by atoms with E-state index in [2.05, 4.69) is 30.8 Å². The van der Waals surface area contributed by atoms with Crippen LogP contribution in [0.3, 0.4) is 0 Å².